The molecule has 2 rings (SSSR count). The van der Waals surface area contributed by atoms with Gasteiger partial charge in [0.1, 0.15) is 12.2 Å². The SMILES string of the molecule is COc1cc(C(=O)NC(CC(C)C)c2ncnn2C)ccn1. The number of nitrogens with zero attached hydrogens (tertiary/aromatic N) is 4. The van der Waals surface area contributed by atoms with Gasteiger partial charge in [0.15, 0.2) is 0 Å². The van der Waals surface area contributed by atoms with Gasteiger partial charge in [-0.05, 0) is 18.4 Å². The predicted molar refractivity (Wildman–Crippen MR) is 81.5 cm³/mol. The van der Waals surface area contributed by atoms with E-state index in [-0.39, 0.29) is 11.9 Å². The number of aromatic nitrogens is 4. The van der Waals surface area contributed by atoms with Crippen molar-refractivity contribution in [3.05, 3.63) is 36.0 Å². The zero-order chi connectivity index (χ0) is 16.1. The second-order valence-corrected chi connectivity index (χ2v) is 5.48. The number of carbonyl (C=O) groups excluding carboxylic acids is 1. The fourth-order valence-corrected chi connectivity index (χ4v) is 2.22. The average molecular weight is 303 g/mol. The van der Waals surface area contributed by atoms with Crippen molar-refractivity contribution in [3.8, 4) is 5.88 Å². The number of amides is 1. The van der Waals surface area contributed by atoms with E-state index >= 15 is 0 Å². The second-order valence-electron chi connectivity index (χ2n) is 5.48. The predicted octanol–water partition coefficient (Wildman–Crippen LogP) is 1.74. The smallest absolute Gasteiger partial charge is 0.252 e. The largest absolute Gasteiger partial charge is 0.481 e. The maximum atomic E-state index is 12.5. The van der Waals surface area contributed by atoms with E-state index in [1.807, 2.05) is 7.05 Å². The maximum absolute atomic E-state index is 12.5. The molecular formula is C15H21N5O2. The van der Waals surface area contributed by atoms with Crippen LogP contribution in [0.2, 0.25) is 0 Å². The molecule has 0 saturated heterocycles. The number of hydrogen-bond donors (Lipinski definition) is 1. The van der Waals surface area contributed by atoms with Crippen LogP contribution in [0.4, 0.5) is 0 Å². The number of hydrogen-bond acceptors (Lipinski definition) is 5. The Morgan fingerprint density at radius 2 is 2.18 bits per heavy atom. The summed E-state index contributed by atoms with van der Waals surface area (Å²) in [5, 5.41) is 7.09. The number of carbonyl (C=O) groups is 1. The van der Waals surface area contributed by atoms with Gasteiger partial charge in [0, 0.05) is 24.9 Å². The Balaban J connectivity index is 2.19. The minimum absolute atomic E-state index is 0.186. The van der Waals surface area contributed by atoms with Crippen LogP contribution in [0.25, 0.3) is 0 Å². The van der Waals surface area contributed by atoms with Gasteiger partial charge < -0.3 is 10.1 Å². The summed E-state index contributed by atoms with van der Waals surface area (Å²) in [4.78, 5) is 20.7. The lowest BCUT2D eigenvalue weighted by Crippen LogP contribution is -2.31. The Kier molecular flexibility index (Phi) is 5.08. The number of rotatable bonds is 6. The van der Waals surface area contributed by atoms with E-state index in [0.29, 0.717) is 17.4 Å². The summed E-state index contributed by atoms with van der Waals surface area (Å²) in [6.45, 7) is 4.20. The van der Waals surface area contributed by atoms with Crippen molar-refractivity contribution in [3.63, 3.8) is 0 Å². The van der Waals surface area contributed by atoms with Crippen LogP contribution in [-0.2, 0) is 7.05 Å². The van der Waals surface area contributed by atoms with E-state index in [1.165, 1.54) is 13.4 Å². The van der Waals surface area contributed by atoms with Gasteiger partial charge in [0.05, 0.1) is 13.2 Å². The van der Waals surface area contributed by atoms with Gasteiger partial charge in [-0.1, -0.05) is 13.8 Å². The van der Waals surface area contributed by atoms with Crippen molar-refractivity contribution in [2.45, 2.75) is 26.3 Å². The molecule has 2 aromatic rings. The van der Waals surface area contributed by atoms with E-state index in [0.717, 1.165) is 12.2 Å². The van der Waals surface area contributed by atoms with E-state index in [4.69, 9.17) is 4.74 Å². The first-order valence-corrected chi connectivity index (χ1v) is 7.16. The van der Waals surface area contributed by atoms with Gasteiger partial charge in [-0.25, -0.2) is 9.97 Å². The molecule has 118 valence electrons. The lowest BCUT2D eigenvalue weighted by molar-refractivity contribution is 0.0928. The summed E-state index contributed by atoms with van der Waals surface area (Å²) in [6.07, 6.45) is 3.82. The molecule has 7 nitrogen and oxygen atoms in total. The molecule has 2 aromatic heterocycles. The Morgan fingerprint density at radius 1 is 1.41 bits per heavy atom. The minimum atomic E-state index is -0.195. The van der Waals surface area contributed by atoms with Crippen LogP contribution in [0.3, 0.4) is 0 Å². The number of methoxy groups -OCH3 is 1. The van der Waals surface area contributed by atoms with Crippen molar-refractivity contribution in [2.75, 3.05) is 7.11 Å². The summed E-state index contributed by atoms with van der Waals surface area (Å²) in [6, 6.07) is 3.07. The highest BCUT2D eigenvalue weighted by atomic mass is 16.5. The Morgan fingerprint density at radius 3 is 2.77 bits per heavy atom. The van der Waals surface area contributed by atoms with Crippen LogP contribution < -0.4 is 10.1 Å². The Bertz CT molecular complexity index is 638. The third kappa shape index (κ3) is 3.81. The lowest BCUT2D eigenvalue weighted by Gasteiger charge is -2.20. The van der Waals surface area contributed by atoms with Crippen LogP contribution in [0.1, 0.15) is 42.5 Å². The normalized spacial score (nSPS) is 12.2. The number of ether oxygens (including phenoxy) is 1. The molecular weight excluding hydrogens is 282 g/mol. The molecule has 1 amide bonds. The van der Waals surface area contributed by atoms with Gasteiger partial charge in [0.25, 0.3) is 5.91 Å². The van der Waals surface area contributed by atoms with Crippen molar-refractivity contribution in [2.24, 2.45) is 13.0 Å². The zero-order valence-electron chi connectivity index (χ0n) is 13.3. The molecule has 0 aromatic carbocycles. The Labute approximate surface area is 129 Å². The zero-order valence-corrected chi connectivity index (χ0v) is 13.3. The van der Waals surface area contributed by atoms with Crippen molar-refractivity contribution in [1.82, 2.24) is 25.1 Å². The molecule has 0 fully saturated rings. The quantitative estimate of drug-likeness (QED) is 0.879. The van der Waals surface area contributed by atoms with E-state index in [1.54, 1.807) is 23.0 Å². The van der Waals surface area contributed by atoms with Crippen LogP contribution in [0.5, 0.6) is 5.88 Å². The van der Waals surface area contributed by atoms with Gasteiger partial charge in [-0.15, -0.1) is 0 Å². The highest BCUT2D eigenvalue weighted by Gasteiger charge is 2.21. The van der Waals surface area contributed by atoms with Gasteiger partial charge in [-0.2, -0.15) is 5.10 Å². The monoisotopic (exact) mass is 303 g/mol. The van der Waals surface area contributed by atoms with E-state index in [9.17, 15) is 4.79 Å². The van der Waals surface area contributed by atoms with Crippen LogP contribution >= 0.6 is 0 Å². The minimum Gasteiger partial charge on any atom is -0.481 e. The molecule has 22 heavy (non-hydrogen) atoms. The van der Waals surface area contributed by atoms with Crippen molar-refractivity contribution >= 4 is 5.91 Å². The molecule has 0 radical (unpaired) electrons. The number of nitrogens with one attached hydrogen (secondary N) is 1. The van der Waals surface area contributed by atoms with E-state index in [2.05, 4.69) is 34.2 Å². The second kappa shape index (κ2) is 7.02. The first kappa shape index (κ1) is 15.9. The molecule has 1 atom stereocenters. The standard InChI is InChI=1S/C15H21N5O2/c1-10(2)7-12(14-17-9-18-20(14)3)19-15(21)11-5-6-16-13(8-11)22-4/h5-6,8-10,12H,7H2,1-4H3,(H,19,21). The Hall–Kier alpha value is -2.44. The molecule has 1 unspecified atom stereocenters. The molecule has 0 spiro atoms. The van der Waals surface area contributed by atoms with E-state index < -0.39 is 0 Å². The van der Waals surface area contributed by atoms with Gasteiger partial charge in [0.2, 0.25) is 5.88 Å². The maximum Gasteiger partial charge on any atom is 0.252 e. The van der Waals surface area contributed by atoms with Crippen LogP contribution in [0.15, 0.2) is 24.7 Å². The van der Waals surface area contributed by atoms with Gasteiger partial charge in [-0.3, -0.25) is 9.48 Å². The number of aryl methyl sites for hydroxylation is 1. The summed E-state index contributed by atoms with van der Waals surface area (Å²) in [5.74, 6) is 1.37. The van der Waals surface area contributed by atoms with Crippen LogP contribution in [-0.4, -0.2) is 32.8 Å². The fraction of sp³-hybridized carbons (Fsp3) is 0.467. The molecule has 7 heteroatoms. The molecule has 0 aliphatic heterocycles. The fourth-order valence-electron chi connectivity index (χ4n) is 2.22. The highest BCUT2D eigenvalue weighted by Crippen LogP contribution is 2.20. The highest BCUT2D eigenvalue weighted by molar-refractivity contribution is 5.94. The first-order valence-electron chi connectivity index (χ1n) is 7.16. The molecule has 0 aliphatic carbocycles. The van der Waals surface area contributed by atoms with Gasteiger partial charge >= 0.3 is 0 Å². The summed E-state index contributed by atoms with van der Waals surface area (Å²) >= 11 is 0. The molecule has 1 N–H and O–H groups in total. The van der Waals surface area contributed by atoms with Crippen molar-refractivity contribution < 1.29 is 9.53 Å². The van der Waals surface area contributed by atoms with Crippen molar-refractivity contribution in [1.29, 1.82) is 0 Å². The topological polar surface area (TPSA) is 81.9 Å². The molecule has 2 heterocycles. The third-order valence-corrected chi connectivity index (χ3v) is 3.28. The third-order valence-electron chi connectivity index (χ3n) is 3.28. The molecule has 0 saturated carbocycles. The summed E-state index contributed by atoms with van der Waals surface area (Å²) in [5.41, 5.74) is 0.503. The average Bonchev–Trinajstić information content (AvgIpc) is 2.92. The lowest BCUT2D eigenvalue weighted by atomic mass is 10.0. The molecule has 0 aliphatic rings. The summed E-state index contributed by atoms with van der Waals surface area (Å²) < 4.78 is 6.73. The summed E-state index contributed by atoms with van der Waals surface area (Å²) in [7, 11) is 3.34. The molecule has 0 bridgehead atoms. The number of pyridine rings is 1. The van der Waals surface area contributed by atoms with Crippen LogP contribution in [0, 0.1) is 5.92 Å². The first-order chi connectivity index (χ1) is 10.5.